The zero-order valence-corrected chi connectivity index (χ0v) is 16.9. The largest absolute Gasteiger partial charge is 0.497 e. The summed E-state index contributed by atoms with van der Waals surface area (Å²) in [6, 6.07) is 14.2. The van der Waals surface area contributed by atoms with Crippen LogP contribution < -0.4 is 15.4 Å². The van der Waals surface area contributed by atoms with Crippen LogP contribution in [0.25, 0.3) is 11.4 Å². The number of nitrogens with one attached hydrogen (secondary N) is 3. The van der Waals surface area contributed by atoms with Gasteiger partial charge in [0, 0.05) is 23.4 Å². The highest BCUT2D eigenvalue weighted by Crippen LogP contribution is 2.22. The van der Waals surface area contributed by atoms with Crippen LogP contribution in [0.5, 0.6) is 5.75 Å². The molecule has 0 saturated carbocycles. The zero-order valence-electron chi connectivity index (χ0n) is 16.1. The van der Waals surface area contributed by atoms with Crippen molar-refractivity contribution in [2.24, 2.45) is 0 Å². The molecule has 2 aromatic carbocycles. The van der Waals surface area contributed by atoms with Gasteiger partial charge in [-0.05, 0) is 49.4 Å². The molecule has 150 valence electrons. The highest BCUT2D eigenvalue weighted by molar-refractivity contribution is 7.99. The first-order valence-corrected chi connectivity index (χ1v) is 9.95. The Bertz CT molecular complexity index is 988. The molecule has 0 saturated heterocycles. The molecule has 0 aliphatic carbocycles. The molecule has 0 atom stereocenters. The van der Waals surface area contributed by atoms with Crippen molar-refractivity contribution in [1.82, 2.24) is 20.5 Å². The van der Waals surface area contributed by atoms with E-state index in [1.165, 1.54) is 11.8 Å². The molecule has 1 aromatic heterocycles. The summed E-state index contributed by atoms with van der Waals surface area (Å²) >= 11 is 1.22. The Morgan fingerprint density at radius 1 is 1.17 bits per heavy atom. The highest BCUT2D eigenvalue weighted by Gasteiger charge is 2.11. The number of ether oxygens (including phenoxy) is 1. The first-order valence-electron chi connectivity index (χ1n) is 8.96. The van der Waals surface area contributed by atoms with Crippen molar-refractivity contribution in [1.29, 1.82) is 0 Å². The van der Waals surface area contributed by atoms with Gasteiger partial charge in [-0.1, -0.05) is 17.8 Å². The van der Waals surface area contributed by atoms with Gasteiger partial charge in [0.2, 0.25) is 11.1 Å². The lowest BCUT2D eigenvalue weighted by atomic mass is 10.2. The number of hydrogen-bond acceptors (Lipinski definition) is 6. The molecule has 8 nitrogen and oxygen atoms in total. The summed E-state index contributed by atoms with van der Waals surface area (Å²) < 4.78 is 5.14. The second-order valence-corrected chi connectivity index (χ2v) is 6.91. The first-order chi connectivity index (χ1) is 14.1. The summed E-state index contributed by atoms with van der Waals surface area (Å²) in [4.78, 5) is 28.5. The van der Waals surface area contributed by atoms with Crippen molar-refractivity contribution in [2.75, 3.05) is 24.7 Å². The van der Waals surface area contributed by atoms with Gasteiger partial charge in [-0.15, -0.1) is 5.10 Å². The Morgan fingerprint density at radius 3 is 2.69 bits per heavy atom. The van der Waals surface area contributed by atoms with Crippen molar-refractivity contribution >= 4 is 29.3 Å². The van der Waals surface area contributed by atoms with E-state index in [0.717, 1.165) is 11.3 Å². The molecule has 29 heavy (non-hydrogen) atoms. The molecular weight excluding hydrogens is 390 g/mol. The van der Waals surface area contributed by atoms with Crippen LogP contribution in [0.2, 0.25) is 0 Å². The number of aromatic nitrogens is 3. The van der Waals surface area contributed by atoms with Gasteiger partial charge < -0.3 is 15.4 Å². The summed E-state index contributed by atoms with van der Waals surface area (Å²) in [6.45, 7) is 2.39. The van der Waals surface area contributed by atoms with Crippen molar-refractivity contribution in [3.05, 3.63) is 54.1 Å². The van der Waals surface area contributed by atoms with Gasteiger partial charge in [-0.3, -0.25) is 14.7 Å². The van der Waals surface area contributed by atoms with E-state index in [1.54, 1.807) is 31.4 Å². The van der Waals surface area contributed by atoms with Crippen LogP contribution in [0, 0.1) is 0 Å². The molecule has 3 N–H and O–H groups in total. The maximum Gasteiger partial charge on any atom is 0.251 e. The molecule has 9 heteroatoms. The lowest BCUT2D eigenvalue weighted by molar-refractivity contribution is -0.113. The number of benzene rings is 2. The zero-order chi connectivity index (χ0) is 20.6. The lowest BCUT2D eigenvalue weighted by Gasteiger charge is -2.07. The van der Waals surface area contributed by atoms with Gasteiger partial charge >= 0.3 is 0 Å². The molecule has 0 fully saturated rings. The molecule has 0 unspecified atom stereocenters. The third-order valence-electron chi connectivity index (χ3n) is 3.91. The molecule has 0 aliphatic rings. The molecule has 0 spiro atoms. The number of methoxy groups -OCH3 is 1. The van der Waals surface area contributed by atoms with E-state index in [9.17, 15) is 9.59 Å². The maximum atomic E-state index is 12.2. The van der Waals surface area contributed by atoms with Crippen molar-refractivity contribution in [3.8, 4) is 17.1 Å². The number of carbonyl (C=O) groups is 2. The van der Waals surface area contributed by atoms with Gasteiger partial charge in [-0.2, -0.15) is 0 Å². The van der Waals surface area contributed by atoms with Crippen LogP contribution >= 0.6 is 11.8 Å². The molecule has 0 bridgehead atoms. The minimum Gasteiger partial charge on any atom is -0.497 e. The Hall–Kier alpha value is -3.33. The summed E-state index contributed by atoms with van der Waals surface area (Å²) in [6.07, 6.45) is 0. The van der Waals surface area contributed by atoms with Gasteiger partial charge in [0.25, 0.3) is 5.91 Å². The Kier molecular flexibility index (Phi) is 6.85. The average molecular weight is 411 g/mol. The van der Waals surface area contributed by atoms with Crippen molar-refractivity contribution in [2.45, 2.75) is 12.1 Å². The predicted molar refractivity (Wildman–Crippen MR) is 112 cm³/mol. The van der Waals surface area contributed by atoms with Crippen LogP contribution in [0.15, 0.2) is 53.7 Å². The lowest BCUT2D eigenvalue weighted by Crippen LogP contribution is -2.23. The van der Waals surface area contributed by atoms with Crippen molar-refractivity contribution < 1.29 is 14.3 Å². The fourth-order valence-electron chi connectivity index (χ4n) is 2.52. The van der Waals surface area contributed by atoms with Crippen LogP contribution in [-0.2, 0) is 4.79 Å². The SMILES string of the molecule is CCNC(=O)c1cccc(NC(=O)CSc2n[nH]c(-c3ccc(OC)cc3)n2)c1. The number of aromatic amines is 1. The predicted octanol–water partition coefficient (Wildman–Crippen LogP) is 2.96. The number of rotatable bonds is 8. The van der Waals surface area contributed by atoms with Gasteiger partial charge in [0.1, 0.15) is 5.75 Å². The van der Waals surface area contributed by atoms with E-state index < -0.39 is 0 Å². The van der Waals surface area contributed by atoms with E-state index in [1.807, 2.05) is 31.2 Å². The Morgan fingerprint density at radius 2 is 1.97 bits per heavy atom. The topological polar surface area (TPSA) is 109 Å². The molecular formula is C20H21N5O3S. The first kappa shape index (κ1) is 20.4. The standard InChI is InChI=1S/C20H21N5O3S/c1-3-21-19(27)14-5-4-6-15(11-14)22-17(26)12-29-20-23-18(24-25-20)13-7-9-16(28-2)10-8-13/h4-11H,3,12H2,1-2H3,(H,21,27)(H,22,26)(H,23,24,25). The maximum absolute atomic E-state index is 12.2. The summed E-state index contributed by atoms with van der Waals surface area (Å²) in [5, 5.41) is 13.0. The number of anilines is 1. The van der Waals surface area contributed by atoms with E-state index in [4.69, 9.17) is 4.74 Å². The molecule has 0 aliphatic heterocycles. The van der Waals surface area contributed by atoms with Crippen LogP contribution in [0.1, 0.15) is 17.3 Å². The normalized spacial score (nSPS) is 10.4. The Balaban J connectivity index is 1.55. The van der Waals surface area contributed by atoms with Gasteiger partial charge in [0.05, 0.1) is 12.9 Å². The highest BCUT2D eigenvalue weighted by atomic mass is 32.2. The second-order valence-electron chi connectivity index (χ2n) is 5.97. The molecule has 0 radical (unpaired) electrons. The van der Waals surface area contributed by atoms with Gasteiger partial charge in [0.15, 0.2) is 5.82 Å². The fraction of sp³-hybridized carbons (Fsp3) is 0.200. The number of carbonyl (C=O) groups excluding carboxylic acids is 2. The van der Waals surface area contributed by atoms with Crippen LogP contribution in [-0.4, -0.2) is 46.4 Å². The van der Waals surface area contributed by atoms with E-state index >= 15 is 0 Å². The minimum absolute atomic E-state index is 0.144. The third kappa shape index (κ3) is 5.58. The van der Waals surface area contributed by atoms with Crippen molar-refractivity contribution in [3.63, 3.8) is 0 Å². The monoisotopic (exact) mass is 411 g/mol. The molecule has 2 amide bonds. The van der Waals surface area contributed by atoms with E-state index in [2.05, 4.69) is 25.8 Å². The van der Waals surface area contributed by atoms with Crippen LogP contribution in [0.4, 0.5) is 5.69 Å². The van der Waals surface area contributed by atoms with Crippen LogP contribution in [0.3, 0.4) is 0 Å². The van der Waals surface area contributed by atoms with Gasteiger partial charge in [-0.25, -0.2) is 4.98 Å². The molecule has 3 rings (SSSR count). The fourth-order valence-corrected chi connectivity index (χ4v) is 3.12. The third-order valence-corrected chi connectivity index (χ3v) is 4.75. The summed E-state index contributed by atoms with van der Waals surface area (Å²) in [7, 11) is 1.61. The number of hydrogen-bond donors (Lipinski definition) is 3. The smallest absolute Gasteiger partial charge is 0.251 e. The van der Waals surface area contributed by atoms with E-state index in [-0.39, 0.29) is 17.6 Å². The Labute approximate surface area is 172 Å². The quantitative estimate of drug-likeness (QED) is 0.492. The number of thioether (sulfide) groups is 1. The molecule has 3 aromatic rings. The summed E-state index contributed by atoms with van der Waals surface area (Å²) in [5.74, 6) is 1.13. The second kappa shape index (κ2) is 9.74. The minimum atomic E-state index is -0.209. The number of H-pyrrole nitrogens is 1. The van der Waals surface area contributed by atoms with E-state index in [0.29, 0.717) is 28.8 Å². The number of amides is 2. The average Bonchev–Trinajstić information content (AvgIpc) is 3.22. The summed E-state index contributed by atoms with van der Waals surface area (Å²) in [5.41, 5.74) is 1.93. The number of nitrogens with zero attached hydrogens (tertiary/aromatic N) is 2. The molecule has 1 heterocycles.